The molecule has 1 aromatic carbocycles. The summed E-state index contributed by atoms with van der Waals surface area (Å²) in [5.41, 5.74) is 1.98. The van der Waals surface area contributed by atoms with Crippen molar-refractivity contribution in [2.45, 2.75) is 12.2 Å². The summed E-state index contributed by atoms with van der Waals surface area (Å²) in [5, 5.41) is 2.96. The van der Waals surface area contributed by atoms with Crippen molar-refractivity contribution in [1.82, 2.24) is 10.2 Å². The van der Waals surface area contributed by atoms with Gasteiger partial charge in [-0.3, -0.25) is 4.79 Å². The van der Waals surface area contributed by atoms with Gasteiger partial charge in [-0.05, 0) is 44.0 Å². The molecule has 0 atom stereocenters. The molecule has 1 rings (SSSR count). The molecule has 21 heavy (non-hydrogen) atoms. The lowest BCUT2D eigenvalue weighted by molar-refractivity contribution is 0.0951. The summed E-state index contributed by atoms with van der Waals surface area (Å²) in [6.07, 6.45) is 3.01. The van der Waals surface area contributed by atoms with Gasteiger partial charge in [0.1, 0.15) is 0 Å². The molecular weight excluding hydrogens is 284 g/mol. The molecule has 1 N–H and O–H groups in total. The lowest BCUT2D eigenvalue weighted by Gasteiger charge is -2.15. The molecule has 0 fully saturated rings. The van der Waals surface area contributed by atoms with Gasteiger partial charge in [0.2, 0.25) is 0 Å². The molecule has 0 spiro atoms. The SMILES string of the molecule is COCCN(C)CCCNC(=O)c1ccc(CSC)cc1. The van der Waals surface area contributed by atoms with Gasteiger partial charge in [-0.2, -0.15) is 11.8 Å². The van der Waals surface area contributed by atoms with E-state index < -0.39 is 0 Å². The van der Waals surface area contributed by atoms with Gasteiger partial charge in [-0.15, -0.1) is 0 Å². The summed E-state index contributed by atoms with van der Waals surface area (Å²) < 4.78 is 5.03. The molecule has 0 unspecified atom stereocenters. The Kier molecular flexibility index (Phi) is 9.14. The van der Waals surface area contributed by atoms with Gasteiger partial charge in [0.25, 0.3) is 5.91 Å². The van der Waals surface area contributed by atoms with E-state index in [1.165, 1.54) is 5.56 Å². The number of hydrogen-bond acceptors (Lipinski definition) is 4. The van der Waals surface area contributed by atoms with Gasteiger partial charge in [-0.1, -0.05) is 12.1 Å². The van der Waals surface area contributed by atoms with Gasteiger partial charge < -0.3 is 15.0 Å². The molecule has 1 amide bonds. The van der Waals surface area contributed by atoms with Gasteiger partial charge >= 0.3 is 0 Å². The highest BCUT2D eigenvalue weighted by atomic mass is 32.2. The van der Waals surface area contributed by atoms with E-state index in [1.54, 1.807) is 18.9 Å². The number of nitrogens with one attached hydrogen (secondary N) is 1. The van der Waals surface area contributed by atoms with E-state index in [9.17, 15) is 4.79 Å². The number of ether oxygens (including phenoxy) is 1. The first-order valence-electron chi connectivity index (χ1n) is 7.21. The standard InChI is InChI=1S/C16H26N2O2S/c1-18(11-12-20-2)10-4-9-17-16(19)15-7-5-14(6-8-15)13-21-3/h5-8H,4,9-13H2,1-3H3,(H,17,19). The quantitative estimate of drug-likeness (QED) is 0.673. The summed E-state index contributed by atoms with van der Waals surface area (Å²) in [7, 11) is 3.77. The van der Waals surface area contributed by atoms with Crippen LogP contribution in [0.25, 0.3) is 0 Å². The van der Waals surface area contributed by atoms with Crippen LogP contribution in [0.2, 0.25) is 0 Å². The Hall–Kier alpha value is -1.04. The van der Waals surface area contributed by atoms with Crippen molar-refractivity contribution in [3.05, 3.63) is 35.4 Å². The summed E-state index contributed by atoms with van der Waals surface area (Å²) in [5.74, 6) is 0.987. The Balaban J connectivity index is 2.24. The van der Waals surface area contributed by atoms with E-state index in [4.69, 9.17) is 4.74 Å². The van der Waals surface area contributed by atoms with Gasteiger partial charge in [0.15, 0.2) is 0 Å². The number of carbonyl (C=O) groups is 1. The maximum atomic E-state index is 12.0. The highest BCUT2D eigenvalue weighted by Crippen LogP contribution is 2.10. The first-order valence-corrected chi connectivity index (χ1v) is 8.60. The molecule has 118 valence electrons. The monoisotopic (exact) mass is 310 g/mol. The molecule has 0 aliphatic rings. The maximum absolute atomic E-state index is 12.0. The third-order valence-electron chi connectivity index (χ3n) is 3.21. The predicted molar refractivity (Wildman–Crippen MR) is 90.0 cm³/mol. The fourth-order valence-electron chi connectivity index (χ4n) is 1.93. The second-order valence-electron chi connectivity index (χ2n) is 5.04. The first-order chi connectivity index (χ1) is 10.2. The van der Waals surface area contributed by atoms with Crippen LogP contribution in [0.4, 0.5) is 0 Å². The predicted octanol–water partition coefficient (Wildman–Crippen LogP) is 2.25. The zero-order chi connectivity index (χ0) is 15.5. The average molecular weight is 310 g/mol. The number of nitrogens with zero attached hydrogens (tertiary/aromatic N) is 1. The molecule has 0 heterocycles. The Morgan fingerprint density at radius 2 is 2.00 bits per heavy atom. The number of thioether (sulfide) groups is 1. The van der Waals surface area contributed by atoms with Crippen LogP contribution in [0.3, 0.4) is 0 Å². The number of carbonyl (C=O) groups excluding carboxylic acids is 1. The number of benzene rings is 1. The Morgan fingerprint density at radius 3 is 2.62 bits per heavy atom. The van der Waals surface area contributed by atoms with Crippen LogP contribution in [0.1, 0.15) is 22.3 Å². The van der Waals surface area contributed by atoms with Gasteiger partial charge in [0.05, 0.1) is 6.61 Å². The van der Waals surface area contributed by atoms with E-state index in [2.05, 4.69) is 23.5 Å². The first kappa shape index (κ1) is 18.0. The number of hydrogen-bond donors (Lipinski definition) is 1. The van der Waals surface area contributed by atoms with Gasteiger partial charge in [-0.25, -0.2) is 0 Å². The zero-order valence-electron chi connectivity index (χ0n) is 13.2. The van der Waals surface area contributed by atoms with E-state index in [-0.39, 0.29) is 5.91 Å². The lowest BCUT2D eigenvalue weighted by Crippen LogP contribution is -2.29. The molecule has 0 aromatic heterocycles. The van der Waals surface area contributed by atoms with E-state index in [0.29, 0.717) is 6.54 Å². The fourth-order valence-corrected chi connectivity index (χ4v) is 2.46. The van der Waals surface area contributed by atoms with Crippen LogP contribution < -0.4 is 5.32 Å². The fraction of sp³-hybridized carbons (Fsp3) is 0.562. The van der Waals surface area contributed by atoms with Crippen molar-refractivity contribution in [3.63, 3.8) is 0 Å². The molecule has 0 aliphatic carbocycles. The summed E-state index contributed by atoms with van der Waals surface area (Å²) >= 11 is 1.78. The van der Waals surface area contributed by atoms with E-state index in [1.807, 2.05) is 24.3 Å². The third kappa shape index (κ3) is 7.50. The van der Waals surface area contributed by atoms with Crippen molar-refractivity contribution in [1.29, 1.82) is 0 Å². The van der Waals surface area contributed by atoms with Crippen LogP contribution in [0, 0.1) is 0 Å². The van der Waals surface area contributed by atoms with Crippen LogP contribution in [0.15, 0.2) is 24.3 Å². The second-order valence-corrected chi connectivity index (χ2v) is 5.90. The molecule has 0 saturated carbocycles. The highest BCUT2D eigenvalue weighted by Gasteiger charge is 2.05. The van der Waals surface area contributed by atoms with Crippen LogP contribution >= 0.6 is 11.8 Å². The topological polar surface area (TPSA) is 41.6 Å². The Labute approximate surface area is 132 Å². The second kappa shape index (κ2) is 10.7. The largest absolute Gasteiger partial charge is 0.383 e. The van der Waals surface area contributed by atoms with Crippen molar-refractivity contribution in [3.8, 4) is 0 Å². The molecule has 1 aromatic rings. The van der Waals surface area contributed by atoms with Crippen LogP contribution in [-0.4, -0.2) is 57.5 Å². The van der Waals surface area contributed by atoms with E-state index >= 15 is 0 Å². The summed E-state index contributed by atoms with van der Waals surface area (Å²) in [6, 6.07) is 7.82. The number of likely N-dealkylation sites (N-methyl/N-ethyl adjacent to an activating group) is 1. The molecule has 0 radical (unpaired) electrons. The smallest absolute Gasteiger partial charge is 0.251 e. The van der Waals surface area contributed by atoms with Crippen molar-refractivity contribution in [2.24, 2.45) is 0 Å². The summed E-state index contributed by atoms with van der Waals surface area (Å²) in [4.78, 5) is 14.2. The van der Waals surface area contributed by atoms with E-state index in [0.717, 1.165) is 37.4 Å². The lowest BCUT2D eigenvalue weighted by atomic mass is 10.1. The average Bonchev–Trinajstić information content (AvgIpc) is 2.50. The molecular formula is C16H26N2O2S. The minimum absolute atomic E-state index is 0.00486. The molecule has 5 heteroatoms. The zero-order valence-corrected chi connectivity index (χ0v) is 14.0. The number of methoxy groups -OCH3 is 1. The minimum Gasteiger partial charge on any atom is -0.383 e. The van der Waals surface area contributed by atoms with Crippen molar-refractivity contribution in [2.75, 3.05) is 46.7 Å². The normalized spacial score (nSPS) is 10.9. The van der Waals surface area contributed by atoms with Crippen LogP contribution in [-0.2, 0) is 10.5 Å². The van der Waals surface area contributed by atoms with Crippen LogP contribution in [0.5, 0.6) is 0 Å². The third-order valence-corrected chi connectivity index (χ3v) is 3.83. The summed E-state index contributed by atoms with van der Waals surface area (Å²) in [6.45, 7) is 3.31. The van der Waals surface area contributed by atoms with Crippen molar-refractivity contribution < 1.29 is 9.53 Å². The molecule has 0 aliphatic heterocycles. The highest BCUT2D eigenvalue weighted by molar-refractivity contribution is 7.97. The molecule has 4 nitrogen and oxygen atoms in total. The Morgan fingerprint density at radius 1 is 1.29 bits per heavy atom. The molecule has 0 saturated heterocycles. The number of rotatable bonds is 10. The maximum Gasteiger partial charge on any atom is 0.251 e. The number of amides is 1. The Bertz CT molecular complexity index is 409. The van der Waals surface area contributed by atoms with Crippen molar-refractivity contribution >= 4 is 17.7 Å². The van der Waals surface area contributed by atoms with Gasteiger partial charge in [0, 0.05) is 31.5 Å². The molecule has 0 bridgehead atoms. The minimum atomic E-state index is 0.00486.